The summed E-state index contributed by atoms with van der Waals surface area (Å²) in [6.07, 6.45) is 3.35. The number of nitrogens with zero attached hydrogens (tertiary/aromatic N) is 1. The Bertz CT molecular complexity index is 359. The average molecular weight is 208 g/mol. The van der Waals surface area contributed by atoms with Crippen LogP contribution in [-0.4, -0.2) is 22.7 Å². The molecule has 0 fully saturated rings. The van der Waals surface area contributed by atoms with Gasteiger partial charge in [0.2, 0.25) is 0 Å². The molecule has 5 nitrogen and oxygen atoms in total. The lowest BCUT2D eigenvalue weighted by Crippen LogP contribution is -2.20. The van der Waals surface area contributed by atoms with Crippen molar-refractivity contribution in [3.8, 4) is 0 Å². The predicted molar refractivity (Wildman–Crippen MR) is 57.2 cm³/mol. The van der Waals surface area contributed by atoms with E-state index < -0.39 is 11.0 Å². The summed E-state index contributed by atoms with van der Waals surface area (Å²) in [4.78, 5) is 9.91. The largest absolute Gasteiger partial charge is 0.394 e. The number of rotatable bonds is 4. The van der Waals surface area contributed by atoms with Crippen LogP contribution < -0.4 is 5.73 Å². The van der Waals surface area contributed by atoms with Crippen molar-refractivity contribution in [2.24, 2.45) is 5.73 Å². The minimum atomic E-state index is -0.451. The van der Waals surface area contributed by atoms with Gasteiger partial charge in [0.1, 0.15) is 0 Å². The number of benzene rings is 1. The van der Waals surface area contributed by atoms with Crippen molar-refractivity contribution in [2.75, 3.05) is 6.61 Å². The Morgan fingerprint density at radius 1 is 1.47 bits per heavy atom. The quantitative estimate of drug-likeness (QED) is 0.569. The third kappa shape index (κ3) is 3.49. The van der Waals surface area contributed by atoms with Crippen molar-refractivity contribution < 1.29 is 10.0 Å². The number of non-ortho nitro benzene ring substituents is 1. The Hall–Kier alpha value is -1.72. The number of nitrogens with two attached hydrogens (primary N) is 1. The molecule has 0 bridgehead atoms. The Balaban J connectivity index is 2.72. The van der Waals surface area contributed by atoms with Crippen molar-refractivity contribution in [1.82, 2.24) is 0 Å². The van der Waals surface area contributed by atoms with Crippen molar-refractivity contribution in [1.29, 1.82) is 0 Å². The second-order valence-electron chi connectivity index (χ2n) is 3.05. The number of nitro groups is 1. The molecule has 80 valence electrons. The van der Waals surface area contributed by atoms with Crippen molar-refractivity contribution >= 4 is 11.8 Å². The number of aliphatic hydroxyl groups excluding tert-OH is 1. The zero-order valence-electron chi connectivity index (χ0n) is 8.04. The molecule has 1 rings (SSSR count). The highest BCUT2D eigenvalue weighted by atomic mass is 16.6. The van der Waals surface area contributed by atoms with Crippen LogP contribution in [0.3, 0.4) is 0 Å². The van der Waals surface area contributed by atoms with E-state index in [1.54, 1.807) is 24.3 Å². The second-order valence-corrected chi connectivity index (χ2v) is 3.05. The van der Waals surface area contributed by atoms with Gasteiger partial charge in [-0.2, -0.15) is 0 Å². The molecule has 0 saturated carbocycles. The van der Waals surface area contributed by atoms with E-state index in [1.807, 2.05) is 0 Å². The molecule has 0 radical (unpaired) electrons. The van der Waals surface area contributed by atoms with E-state index in [-0.39, 0.29) is 12.3 Å². The number of hydrogen-bond donors (Lipinski definition) is 2. The second kappa shape index (κ2) is 5.23. The van der Waals surface area contributed by atoms with Crippen molar-refractivity contribution in [3.63, 3.8) is 0 Å². The number of aliphatic hydroxyl groups is 1. The SMILES string of the molecule is NC(C=Cc1ccc([N+](=O)[O-])cc1)CO. The van der Waals surface area contributed by atoms with Gasteiger partial charge in [-0.3, -0.25) is 10.1 Å². The first-order valence-corrected chi connectivity index (χ1v) is 4.42. The lowest BCUT2D eigenvalue weighted by Gasteiger charge is -1.99. The maximum Gasteiger partial charge on any atom is 0.269 e. The van der Waals surface area contributed by atoms with Crippen molar-refractivity contribution in [2.45, 2.75) is 6.04 Å². The highest BCUT2D eigenvalue weighted by Gasteiger charge is 2.02. The molecule has 3 N–H and O–H groups in total. The Morgan fingerprint density at radius 3 is 2.53 bits per heavy atom. The van der Waals surface area contributed by atoms with Gasteiger partial charge in [-0.15, -0.1) is 0 Å². The van der Waals surface area contributed by atoms with E-state index in [4.69, 9.17) is 10.8 Å². The average Bonchev–Trinajstić information content (AvgIpc) is 2.26. The Labute approximate surface area is 87.0 Å². The van der Waals surface area contributed by atoms with Gasteiger partial charge in [0, 0.05) is 18.2 Å². The molecular formula is C10H12N2O3. The van der Waals surface area contributed by atoms with Crippen LogP contribution in [0, 0.1) is 10.1 Å². The maximum absolute atomic E-state index is 10.4. The lowest BCUT2D eigenvalue weighted by molar-refractivity contribution is -0.384. The first-order chi connectivity index (χ1) is 7.13. The van der Waals surface area contributed by atoms with E-state index in [2.05, 4.69) is 0 Å². The van der Waals surface area contributed by atoms with E-state index >= 15 is 0 Å². The van der Waals surface area contributed by atoms with E-state index in [9.17, 15) is 10.1 Å². The third-order valence-corrected chi connectivity index (χ3v) is 1.85. The van der Waals surface area contributed by atoms with E-state index in [0.29, 0.717) is 0 Å². The summed E-state index contributed by atoms with van der Waals surface area (Å²) >= 11 is 0. The summed E-state index contributed by atoms with van der Waals surface area (Å²) in [6, 6.07) is 5.69. The van der Waals surface area contributed by atoms with E-state index in [1.165, 1.54) is 12.1 Å². The minimum absolute atomic E-state index is 0.0543. The molecule has 1 atom stereocenters. The molecule has 0 spiro atoms. The Morgan fingerprint density at radius 2 is 2.07 bits per heavy atom. The molecule has 1 aromatic rings. The van der Waals surface area contributed by atoms with Gasteiger partial charge in [-0.25, -0.2) is 0 Å². The van der Waals surface area contributed by atoms with Crippen LogP contribution >= 0.6 is 0 Å². The summed E-state index contributed by atoms with van der Waals surface area (Å²) < 4.78 is 0. The fourth-order valence-corrected chi connectivity index (χ4v) is 1.00. The van der Waals surface area contributed by atoms with Crippen LogP contribution in [0.5, 0.6) is 0 Å². The third-order valence-electron chi connectivity index (χ3n) is 1.85. The smallest absolute Gasteiger partial charge is 0.269 e. The Kier molecular flexibility index (Phi) is 3.96. The van der Waals surface area contributed by atoms with Crippen LogP contribution in [0.2, 0.25) is 0 Å². The lowest BCUT2D eigenvalue weighted by atomic mass is 10.1. The van der Waals surface area contributed by atoms with E-state index in [0.717, 1.165) is 5.56 Å². The molecule has 0 heterocycles. The molecule has 0 aliphatic rings. The fourth-order valence-electron chi connectivity index (χ4n) is 1.00. The zero-order chi connectivity index (χ0) is 11.3. The summed E-state index contributed by atoms with van der Waals surface area (Å²) in [5.41, 5.74) is 6.32. The predicted octanol–water partition coefficient (Wildman–Crippen LogP) is 0.928. The highest BCUT2D eigenvalue weighted by Crippen LogP contribution is 2.12. The fraction of sp³-hybridized carbons (Fsp3) is 0.200. The van der Waals surface area contributed by atoms with Crippen LogP contribution in [-0.2, 0) is 0 Å². The summed E-state index contributed by atoms with van der Waals surface area (Å²) in [5.74, 6) is 0. The molecule has 1 aromatic carbocycles. The van der Waals surface area contributed by atoms with Gasteiger partial charge in [-0.05, 0) is 17.7 Å². The molecular weight excluding hydrogens is 196 g/mol. The summed E-state index contributed by atoms with van der Waals surface area (Å²) in [6.45, 7) is -0.122. The van der Waals surface area contributed by atoms with Gasteiger partial charge in [0.05, 0.1) is 11.5 Å². The van der Waals surface area contributed by atoms with Crippen LogP contribution in [0.15, 0.2) is 30.3 Å². The molecule has 15 heavy (non-hydrogen) atoms. The highest BCUT2D eigenvalue weighted by molar-refractivity contribution is 5.52. The molecule has 0 amide bonds. The van der Waals surface area contributed by atoms with Gasteiger partial charge < -0.3 is 10.8 Å². The van der Waals surface area contributed by atoms with Crippen LogP contribution in [0.4, 0.5) is 5.69 Å². The van der Waals surface area contributed by atoms with Crippen LogP contribution in [0.1, 0.15) is 5.56 Å². The van der Waals surface area contributed by atoms with Gasteiger partial charge in [0.15, 0.2) is 0 Å². The molecule has 0 saturated heterocycles. The number of nitro benzene ring substituents is 1. The van der Waals surface area contributed by atoms with Crippen LogP contribution in [0.25, 0.3) is 6.08 Å². The first-order valence-electron chi connectivity index (χ1n) is 4.42. The molecule has 5 heteroatoms. The van der Waals surface area contributed by atoms with Crippen molar-refractivity contribution in [3.05, 3.63) is 46.0 Å². The molecule has 0 aliphatic heterocycles. The topological polar surface area (TPSA) is 89.4 Å². The van der Waals surface area contributed by atoms with Gasteiger partial charge in [-0.1, -0.05) is 12.2 Å². The maximum atomic E-state index is 10.4. The summed E-state index contributed by atoms with van der Waals surface area (Å²) in [7, 11) is 0. The minimum Gasteiger partial charge on any atom is -0.394 e. The molecule has 0 aliphatic carbocycles. The van der Waals surface area contributed by atoms with Gasteiger partial charge in [0.25, 0.3) is 5.69 Å². The first kappa shape index (κ1) is 11.4. The molecule has 0 aromatic heterocycles. The number of hydrogen-bond acceptors (Lipinski definition) is 4. The standard InChI is InChI=1S/C10H12N2O3/c11-9(7-13)4-1-8-2-5-10(6-3-8)12(14)15/h1-6,9,13H,7,11H2. The zero-order valence-corrected chi connectivity index (χ0v) is 8.04. The summed E-state index contributed by atoms with van der Waals surface area (Å²) in [5, 5.41) is 19.0. The molecule has 1 unspecified atom stereocenters. The van der Waals surface area contributed by atoms with Gasteiger partial charge >= 0.3 is 0 Å². The normalized spacial score (nSPS) is 12.9. The monoisotopic (exact) mass is 208 g/mol.